The molecule has 1 aromatic carbocycles. The molecular formula is C20H20F3N5O. The minimum absolute atomic E-state index is 0.116. The van der Waals surface area contributed by atoms with Gasteiger partial charge in [-0.25, -0.2) is 4.98 Å². The van der Waals surface area contributed by atoms with Crippen LogP contribution in [0, 0.1) is 11.3 Å². The van der Waals surface area contributed by atoms with E-state index in [0.717, 1.165) is 6.07 Å². The molecule has 29 heavy (non-hydrogen) atoms. The lowest BCUT2D eigenvalue weighted by molar-refractivity contribution is -0.138. The van der Waals surface area contributed by atoms with Crippen LogP contribution < -0.4 is 10.1 Å². The van der Waals surface area contributed by atoms with E-state index in [0.29, 0.717) is 35.7 Å². The fourth-order valence-electron chi connectivity index (χ4n) is 2.80. The Bertz CT molecular complexity index is 1040. The molecule has 9 heteroatoms. The number of nitrogens with zero attached hydrogens (tertiary/aromatic N) is 3. The number of benzene rings is 1. The van der Waals surface area contributed by atoms with Crippen LogP contribution in [0.1, 0.15) is 31.7 Å². The van der Waals surface area contributed by atoms with Crippen LogP contribution in [-0.2, 0) is 6.18 Å². The van der Waals surface area contributed by atoms with Crippen molar-refractivity contribution in [1.29, 1.82) is 5.26 Å². The van der Waals surface area contributed by atoms with Gasteiger partial charge in [-0.1, -0.05) is 13.8 Å². The highest BCUT2D eigenvalue weighted by Crippen LogP contribution is 2.38. The van der Waals surface area contributed by atoms with Crippen LogP contribution in [-0.4, -0.2) is 34.1 Å². The van der Waals surface area contributed by atoms with Gasteiger partial charge in [-0.05, 0) is 37.2 Å². The smallest absolute Gasteiger partial charge is 0.419 e. The molecule has 0 aliphatic carbocycles. The van der Waals surface area contributed by atoms with Gasteiger partial charge in [0.1, 0.15) is 11.8 Å². The minimum atomic E-state index is -4.56. The molecule has 0 fully saturated rings. The van der Waals surface area contributed by atoms with Crippen LogP contribution in [0.2, 0.25) is 0 Å². The zero-order valence-electron chi connectivity index (χ0n) is 16.0. The van der Waals surface area contributed by atoms with E-state index in [1.807, 2.05) is 19.9 Å². The van der Waals surface area contributed by atoms with Crippen LogP contribution in [0.5, 0.6) is 5.75 Å². The Morgan fingerprint density at radius 1 is 1.28 bits per heavy atom. The van der Waals surface area contributed by atoms with E-state index >= 15 is 0 Å². The molecule has 0 saturated heterocycles. The highest BCUT2D eigenvalue weighted by Gasteiger charge is 2.35. The number of H-pyrrole nitrogens is 1. The van der Waals surface area contributed by atoms with Crippen LogP contribution in [0.15, 0.2) is 30.5 Å². The molecule has 0 atom stereocenters. The van der Waals surface area contributed by atoms with Crippen LogP contribution in [0.25, 0.3) is 22.3 Å². The Kier molecular flexibility index (Phi) is 6.03. The van der Waals surface area contributed by atoms with E-state index in [1.54, 1.807) is 6.07 Å². The predicted octanol–water partition coefficient (Wildman–Crippen LogP) is 4.28. The van der Waals surface area contributed by atoms with Crippen molar-refractivity contribution in [2.45, 2.75) is 32.5 Å². The largest absolute Gasteiger partial charge is 0.493 e. The number of imidazole rings is 1. The molecule has 0 spiro atoms. The van der Waals surface area contributed by atoms with Crippen molar-refractivity contribution < 1.29 is 17.9 Å². The van der Waals surface area contributed by atoms with Crippen LogP contribution >= 0.6 is 0 Å². The third-order valence-electron chi connectivity index (χ3n) is 4.19. The molecule has 0 amide bonds. The van der Waals surface area contributed by atoms with E-state index in [1.165, 1.54) is 18.3 Å². The molecule has 0 radical (unpaired) electrons. The highest BCUT2D eigenvalue weighted by atomic mass is 19.4. The lowest BCUT2D eigenvalue weighted by Crippen LogP contribution is -2.25. The number of ether oxygens (including phenoxy) is 1. The Labute approximate surface area is 165 Å². The molecule has 6 nitrogen and oxygen atoms in total. The summed E-state index contributed by atoms with van der Waals surface area (Å²) in [6.45, 7) is 4.83. The first-order chi connectivity index (χ1) is 13.8. The van der Waals surface area contributed by atoms with Gasteiger partial charge in [0.25, 0.3) is 0 Å². The van der Waals surface area contributed by atoms with Crippen molar-refractivity contribution in [3.8, 4) is 23.1 Å². The monoisotopic (exact) mass is 403 g/mol. The second-order valence-corrected chi connectivity index (χ2v) is 6.80. The first-order valence-electron chi connectivity index (χ1n) is 9.11. The number of nitrogens with one attached hydrogen (secondary N) is 2. The third kappa shape index (κ3) is 5.03. The summed E-state index contributed by atoms with van der Waals surface area (Å²) >= 11 is 0. The molecule has 0 bridgehead atoms. The van der Waals surface area contributed by atoms with Gasteiger partial charge in [-0.3, -0.25) is 4.98 Å². The van der Waals surface area contributed by atoms with Gasteiger partial charge in [0.15, 0.2) is 0 Å². The summed E-state index contributed by atoms with van der Waals surface area (Å²) in [7, 11) is 0. The van der Waals surface area contributed by atoms with Gasteiger partial charge in [0, 0.05) is 11.6 Å². The predicted molar refractivity (Wildman–Crippen MR) is 102 cm³/mol. The molecule has 2 N–H and O–H groups in total. The summed E-state index contributed by atoms with van der Waals surface area (Å²) in [6.07, 6.45) is -2.53. The van der Waals surface area contributed by atoms with Gasteiger partial charge in [-0.15, -0.1) is 0 Å². The zero-order valence-corrected chi connectivity index (χ0v) is 16.0. The average molecular weight is 403 g/mol. The van der Waals surface area contributed by atoms with Crippen molar-refractivity contribution in [2.75, 3.05) is 13.2 Å². The first kappa shape index (κ1) is 20.6. The highest BCUT2D eigenvalue weighted by molar-refractivity contribution is 5.80. The van der Waals surface area contributed by atoms with E-state index in [2.05, 4.69) is 20.3 Å². The van der Waals surface area contributed by atoms with Gasteiger partial charge in [0.05, 0.1) is 35.1 Å². The third-order valence-corrected chi connectivity index (χ3v) is 4.19. The van der Waals surface area contributed by atoms with Gasteiger partial charge < -0.3 is 15.0 Å². The Hall–Kier alpha value is -3.12. The maximum atomic E-state index is 13.6. The van der Waals surface area contributed by atoms with Crippen molar-refractivity contribution in [3.05, 3.63) is 41.9 Å². The lowest BCUT2D eigenvalue weighted by Gasteiger charge is -2.16. The maximum Gasteiger partial charge on any atom is 0.419 e. The molecule has 0 aliphatic rings. The van der Waals surface area contributed by atoms with E-state index in [9.17, 15) is 13.2 Å². The fourth-order valence-corrected chi connectivity index (χ4v) is 2.80. The summed E-state index contributed by atoms with van der Waals surface area (Å²) < 4.78 is 46.1. The zero-order chi connectivity index (χ0) is 21.0. The summed E-state index contributed by atoms with van der Waals surface area (Å²) in [5.74, 6) is -0.0935. The number of aromatic nitrogens is 3. The maximum absolute atomic E-state index is 13.6. The summed E-state index contributed by atoms with van der Waals surface area (Å²) in [6, 6.07) is 7.60. The number of rotatable bonds is 7. The standard InChI is InChI=1S/C20H20F3N5O/c1-12(2)25-6-3-7-29-18-5-4-13(8-14(18)20(21,22)23)15-9-16-17(11-26-15)28-19(10-24)27-16/h4-5,8-9,11-12,25H,3,6-7H2,1-2H3,(H,27,28). The number of halogens is 3. The molecule has 0 aliphatic heterocycles. The molecule has 2 heterocycles. The Balaban J connectivity index is 1.84. The summed E-state index contributed by atoms with van der Waals surface area (Å²) in [4.78, 5) is 11.0. The van der Waals surface area contributed by atoms with Crippen molar-refractivity contribution in [1.82, 2.24) is 20.3 Å². The second-order valence-electron chi connectivity index (χ2n) is 6.80. The number of pyridine rings is 1. The van der Waals surface area contributed by atoms with Gasteiger partial charge in [0.2, 0.25) is 5.82 Å². The number of aromatic amines is 1. The van der Waals surface area contributed by atoms with Gasteiger partial charge in [-0.2, -0.15) is 18.4 Å². The molecule has 0 unspecified atom stereocenters. The Morgan fingerprint density at radius 3 is 2.76 bits per heavy atom. The number of hydrogen-bond donors (Lipinski definition) is 2. The van der Waals surface area contributed by atoms with E-state index < -0.39 is 11.7 Å². The van der Waals surface area contributed by atoms with E-state index in [4.69, 9.17) is 10.00 Å². The summed E-state index contributed by atoms with van der Waals surface area (Å²) in [5.41, 5.74) is 0.754. The minimum Gasteiger partial charge on any atom is -0.493 e. The number of fused-ring (bicyclic) bond motifs is 1. The molecule has 152 valence electrons. The number of nitriles is 1. The van der Waals surface area contributed by atoms with Crippen molar-refractivity contribution in [2.24, 2.45) is 0 Å². The van der Waals surface area contributed by atoms with Crippen molar-refractivity contribution >= 4 is 11.0 Å². The van der Waals surface area contributed by atoms with Gasteiger partial charge >= 0.3 is 6.18 Å². The molecule has 0 saturated carbocycles. The van der Waals surface area contributed by atoms with E-state index in [-0.39, 0.29) is 23.7 Å². The molecular weight excluding hydrogens is 383 g/mol. The fraction of sp³-hybridized carbons (Fsp3) is 0.350. The SMILES string of the molecule is CC(C)NCCCOc1ccc(-c2cc3nc(C#N)[nH]c3cn2)cc1C(F)(F)F. The second kappa shape index (κ2) is 8.49. The Morgan fingerprint density at radius 2 is 2.07 bits per heavy atom. The van der Waals surface area contributed by atoms with Crippen LogP contribution in [0.3, 0.4) is 0 Å². The number of alkyl halides is 3. The molecule has 2 aromatic heterocycles. The topological polar surface area (TPSA) is 86.6 Å². The average Bonchev–Trinajstić information content (AvgIpc) is 3.09. The number of hydrogen-bond acceptors (Lipinski definition) is 5. The van der Waals surface area contributed by atoms with Crippen molar-refractivity contribution in [3.63, 3.8) is 0 Å². The lowest BCUT2D eigenvalue weighted by atomic mass is 10.1. The normalized spacial score (nSPS) is 11.8. The first-order valence-corrected chi connectivity index (χ1v) is 9.11. The van der Waals surface area contributed by atoms with Crippen LogP contribution in [0.4, 0.5) is 13.2 Å². The quantitative estimate of drug-likeness (QED) is 0.575. The molecule has 3 rings (SSSR count). The summed E-state index contributed by atoms with van der Waals surface area (Å²) in [5, 5.41) is 12.1. The molecule has 3 aromatic rings.